The van der Waals surface area contributed by atoms with Gasteiger partial charge in [-0.3, -0.25) is 10.1 Å². The Kier molecular flexibility index (Phi) is 7.22. The quantitative estimate of drug-likeness (QED) is 0.377. The number of carbonyl (C=O) groups is 1. The van der Waals surface area contributed by atoms with E-state index in [9.17, 15) is 4.79 Å². The van der Waals surface area contributed by atoms with Crippen LogP contribution in [0.25, 0.3) is 0 Å². The lowest BCUT2D eigenvalue weighted by Crippen LogP contribution is -2.34. The van der Waals surface area contributed by atoms with Gasteiger partial charge in [-0.1, -0.05) is 42.5 Å². The first-order valence-electron chi connectivity index (χ1n) is 8.75. The molecule has 0 spiro atoms. The average Bonchev–Trinajstić information content (AvgIpc) is 3.14. The van der Waals surface area contributed by atoms with E-state index in [1.807, 2.05) is 42.5 Å². The molecule has 7 heteroatoms. The zero-order valence-electron chi connectivity index (χ0n) is 15.0. The van der Waals surface area contributed by atoms with Crippen molar-refractivity contribution in [3.63, 3.8) is 0 Å². The van der Waals surface area contributed by atoms with Crippen LogP contribution in [0.2, 0.25) is 0 Å². The Morgan fingerprint density at radius 2 is 1.79 bits per heavy atom. The van der Waals surface area contributed by atoms with Crippen LogP contribution >= 0.6 is 28.1 Å². The normalized spacial score (nSPS) is 10.3. The van der Waals surface area contributed by atoms with Gasteiger partial charge in [0.25, 0.3) is 5.91 Å². The number of para-hydroxylation sites is 2. The number of carbonyl (C=O) groups excluding carboxylic acids is 1. The van der Waals surface area contributed by atoms with E-state index in [1.165, 1.54) is 5.56 Å². The van der Waals surface area contributed by atoms with Crippen LogP contribution in [0.15, 0.2) is 75.8 Å². The number of nitrogens with one attached hydrogen (secondary N) is 2. The number of amides is 1. The lowest BCUT2D eigenvalue weighted by Gasteiger charge is -2.14. The number of rotatable bonds is 7. The molecule has 2 N–H and O–H groups in total. The Bertz CT molecular complexity index is 944. The van der Waals surface area contributed by atoms with Gasteiger partial charge in [0.1, 0.15) is 5.75 Å². The van der Waals surface area contributed by atoms with Crippen LogP contribution < -0.4 is 15.4 Å². The number of benzene rings is 2. The second-order valence-electron chi connectivity index (χ2n) is 5.95. The number of halogens is 1. The Balaban J connectivity index is 1.51. The summed E-state index contributed by atoms with van der Waals surface area (Å²) in [7, 11) is 0. The second-order valence-corrected chi connectivity index (χ2v) is 7.14. The van der Waals surface area contributed by atoms with Crippen molar-refractivity contribution >= 4 is 44.9 Å². The summed E-state index contributed by atoms with van der Waals surface area (Å²) in [6.45, 7) is 0.577. The molecule has 0 aliphatic heterocycles. The molecule has 1 aromatic heterocycles. The number of thiocarbonyl (C=S) groups is 1. The molecule has 0 aliphatic carbocycles. The SMILES string of the molecule is O=C(NC(=S)Nc1ccccc1OCCCc1ccccc1)c1ccc(Br)o1. The van der Waals surface area contributed by atoms with Crippen molar-refractivity contribution < 1.29 is 13.9 Å². The van der Waals surface area contributed by atoms with Crippen LogP contribution in [-0.4, -0.2) is 17.6 Å². The largest absolute Gasteiger partial charge is 0.491 e. The van der Waals surface area contributed by atoms with Gasteiger partial charge in [0.2, 0.25) is 0 Å². The van der Waals surface area contributed by atoms with Gasteiger partial charge in [0.05, 0.1) is 12.3 Å². The zero-order valence-corrected chi connectivity index (χ0v) is 17.4. The molecule has 0 saturated heterocycles. The maximum absolute atomic E-state index is 12.1. The first-order chi connectivity index (χ1) is 13.6. The average molecular weight is 459 g/mol. The van der Waals surface area contributed by atoms with Gasteiger partial charge >= 0.3 is 0 Å². The fraction of sp³-hybridized carbons (Fsp3) is 0.143. The molecule has 3 aromatic rings. The number of hydrogen-bond acceptors (Lipinski definition) is 4. The first kappa shape index (κ1) is 20.1. The summed E-state index contributed by atoms with van der Waals surface area (Å²) >= 11 is 8.39. The molecular weight excluding hydrogens is 440 g/mol. The van der Waals surface area contributed by atoms with Crippen molar-refractivity contribution in [3.05, 3.63) is 82.7 Å². The van der Waals surface area contributed by atoms with Crippen molar-refractivity contribution in [2.75, 3.05) is 11.9 Å². The Hall–Kier alpha value is -2.64. The highest BCUT2D eigenvalue weighted by Gasteiger charge is 2.13. The molecule has 0 atom stereocenters. The first-order valence-corrected chi connectivity index (χ1v) is 9.95. The van der Waals surface area contributed by atoms with Gasteiger partial charge in [-0.25, -0.2) is 0 Å². The molecule has 0 saturated carbocycles. The van der Waals surface area contributed by atoms with Gasteiger partial charge in [-0.05, 0) is 70.8 Å². The highest BCUT2D eigenvalue weighted by Crippen LogP contribution is 2.24. The highest BCUT2D eigenvalue weighted by atomic mass is 79.9. The molecule has 3 rings (SSSR count). The molecule has 144 valence electrons. The Labute approximate surface area is 177 Å². The van der Waals surface area contributed by atoms with Crippen molar-refractivity contribution in [2.45, 2.75) is 12.8 Å². The topological polar surface area (TPSA) is 63.5 Å². The van der Waals surface area contributed by atoms with Gasteiger partial charge in [-0.15, -0.1) is 0 Å². The van der Waals surface area contributed by atoms with E-state index in [4.69, 9.17) is 21.4 Å². The highest BCUT2D eigenvalue weighted by molar-refractivity contribution is 9.10. The third kappa shape index (κ3) is 5.94. The third-order valence-electron chi connectivity index (χ3n) is 3.87. The van der Waals surface area contributed by atoms with Crippen LogP contribution in [0.3, 0.4) is 0 Å². The van der Waals surface area contributed by atoms with Gasteiger partial charge in [0.15, 0.2) is 15.5 Å². The van der Waals surface area contributed by atoms with Gasteiger partial charge in [0, 0.05) is 0 Å². The second kappa shape index (κ2) is 10.1. The fourth-order valence-electron chi connectivity index (χ4n) is 2.55. The smallest absolute Gasteiger partial charge is 0.293 e. The van der Waals surface area contributed by atoms with Crippen molar-refractivity contribution in [1.82, 2.24) is 5.32 Å². The number of ether oxygens (including phenoxy) is 1. The predicted molar refractivity (Wildman–Crippen MR) is 117 cm³/mol. The molecule has 28 heavy (non-hydrogen) atoms. The van der Waals surface area contributed by atoms with Gasteiger partial charge < -0.3 is 14.5 Å². The fourth-order valence-corrected chi connectivity index (χ4v) is 3.06. The van der Waals surface area contributed by atoms with Gasteiger partial charge in [-0.2, -0.15) is 0 Å². The number of aryl methyl sites for hydroxylation is 1. The molecule has 2 aromatic carbocycles. The Morgan fingerprint density at radius 3 is 2.54 bits per heavy atom. The van der Waals surface area contributed by atoms with Crippen molar-refractivity contribution in [2.24, 2.45) is 0 Å². The molecule has 0 fully saturated rings. The third-order valence-corrected chi connectivity index (χ3v) is 4.50. The van der Waals surface area contributed by atoms with Crippen LogP contribution in [0.5, 0.6) is 5.75 Å². The summed E-state index contributed by atoms with van der Waals surface area (Å²) in [4.78, 5) is 12.1. The van der Waals surface area contributed by atoms with E-state index in [1.54, 1.807) is 12.1 Å². The monoisotopic (exact) mass is 458 g/mol. The summed E-state index contributed by atoms with van der Waals surface area (Å²) in [5, 5.41) is 5.75. The molecule has 0 bridgehead atoms. The van der Waals surface area contributed by atoms with Crippen molar-refractivity contribution in [1.29, 1.82) is 0 Å². The maximum Gasteiger partial charge on any atom is 0.293 e. The molecular formula is C21H19BrN2O3S. The zero-order chi connectivity index (χ0) is 19.8. The minimum Gasteiger partial charge on any atom is -0.491 e. The molecule has 5 nitrogen and oxygen atoms in total. The maximum atomic E-state index is 12.1. The summed E-state index contributed by atoms with van der Waals surface area (Å²) in [6.07, 6.45) is 1.84. The predicted octanol–water partition coefficient (Wildman–Crippen LogP) is 5.18. The van der Waals surface area contributed by atoms with E-state index < -0.39 is 5.91 Å². The lowest BCUT2D eigenvalue weighted by molar-refractivity contribution is 0.0949. The van der Waals surface area contributed by atoms with Crippen LogP contribution in [0.1, 0.15) is 22.5 Å². The minimum atomic E-state index is -0.426. The molecule has 0 aliphatic rings. The van der Waals surface area contributed by atoms with E-state index in [0.29, 0.717) is 22.7 Å². The summed E-state index contributed by atoms with van der Waals surface area (Å²) in [6, 6.07) is 20.9. The van der Waals surface area contributed by atoms with E-state index in [-0.39, 0.29) is 10.9 Å². The van der Waals surface area contributed by atoms with E-state index >= 15 is 0 Å². The molecule has 1 amide bonds. The lowest BCUT2D eigenvalue weighted by atomic mass is 10.1. The molecule has 1 heterocycles. The van der Waals surface area contributed by atoms with Crippen LogP contribution in [-0.2, 0) is 6.42 Å². The number of furan rings is 1. The standard InChI is InChI=1S/C21H19BrN2O3S/c22-19-13-12-18(27-19)20(25)24-21(28)23-16-10-4-5-11-17(16)26-14-6-9-15-7-2-1-3-8-15/h1-5,7-8,10-13H,6,9,14H2,(H2,23,24,25,28). The van der Waals surface area contributed by atoms with E-state index in [2.05, 4.69) is 38.7 Å². The molecule has 0 unspecified atom stereocenters. The summed E-state index contributed by atoms with van der Waals surface area (Å²) < 4.78 is 11.6. The summed E-state index contributed by atoms with van der Waals surface area (Å²) in [5.41, 5.74) is 1.97. The molecule has 0 radical (unpaired) electrons. The number of anilines is 1. The van der Waals surface area contributed by atoms with Crippen molar-refractivity contribution in [3.8, 4) is 5.75 Å². The number of hydrogen-bond donors (Lipinski definition) is 2. The minimum absolute atomic E-state index is 0.165. The summed E-state index contributed by atoms with van der Waals surface area (Å²) in [5.74, 6) is 0.416. The van der Waals surface area contributed by atoms with Crippen LogP contribution in [0.4, 0.5) is 5.69 Å². The Morgan fingerprint density at radius 1 is 1.04 bits per heavy atom. The van der Waals surface area contributed by atoms with E-state index in [0.717, 1.165) is 12.8 Å². The van der Waals surface area contributed by atoms with Crippen LogP contribution in [0, 0.1) is 0 Å².